The molecule has 0 saturated carbocycles. The number of carbonyl (C=O) groups excluding carboxylic acids is 2. The Hall–Kier alpha value is -2.10. The Bertz CT molecular complexity index is 783. The lowest BCUT2D eigenvalue weighted by Crippen LogP contribution is -2.40. The SMILES string of the molecule is CNCCCC(C)(C)[Si](C)(C)CCCNC(=O)CCC(C)(C#N)N=NC(C)(C#N)CCC(C)=O. The second-order valence-corrected chi connectivity index (χ2v) is 16.7. The molecule has 0 fully saturated rings. The van der Waals surface area contributed by atoms with Gasteiger partial charge in [-0.25, -0.2) is 0 Å². The van der Waals surface area contributed by atoms with Crippen LogP contribution >= 0.6 is 0 Å². The maximum Gasteiger partial charge on any atom is 0.220 e. The number of carbonyl (C=O) groups is 2. The van der Waals surface area contributed by atoms with E-state index in [0.29, 0.717) is 11.6 Å². The first-order chi connectivity index (χ1) is 15.7. The van der Waals surface area contributed by atoms with Crippen LogP contribution in [0.3, 0.4) is 0 Å². The van der Waals surface area contributed by atoms with E-state index in [1.807, 2.05) is 7.05 Å². The van der Waals surface area contributed by atoms with Gasteiger partial charge in [-0.1, -0.05) is 33.0 Å². The van der Waals surface area contributed by atoms with Crippen LogP contribution in [-0.2, 0) is 9.59 Å². The fourth-order valence-corrected chi connectivity index (χ4v) is 6.08. The zero-order chi connectivity index (χ0) is 26.5. The van der Waals surface area contributed by atoms with Crippen molar-refractivity contribution in [1.29, 1.82) is 10.5 Å². The molecule has 0 rings (SSSR count). The van der Waals surface area contributed by atoms with E-state index in [0.717, 1.165) is 19.0 Å². The molecule has 2 N–H and O–H groups in total. The zero-order valence-corrected chi connectivity index (χ0v) is 23.7. The van der Waals surface area contributed by atoms with Crippen molar-refractivity contribution < 1.29 is 9.59 Å². The summed E-state index contributed by atoms with van der Waals surface area (Å²) in [6.45, 7) is 16.0. The summed E-state index contributed by atoms with van der Waals surface area (Å²) in [7, 11) is 0.536. The minimum absolute atomic E-state index is 0.0280. The van der Waals surface area contributed by atoms with Crippen molar-refractivity contribution in [3.63, 3.8) is 0 Å². The summed E-state index contributed by atoms with van der Waals surface area (Å²) >= 11 is 0. The number of Topliss-reactive ketones (excluding diaryl/α,β-unsaturated/α-hetero) is 1. The Morgan fingerprint density at radius 2 is 1.41 bits per heavy atom. The lowest BCUT2D eigenvalue weighted by atomic mass is 9.97. The van der Waals surface area contributed by atoms with Gasteiger partial charge >= 0.3 is 0 Å². The highest BCUT2D eigenvalue weighted by molar-refractivity contribution is 6.80. The molecular formula is C25H46N6O2Si. The van der Waals surface area contributed by atoms with Crippen molar-refractivity contribution in [2.45, 2.75) is 115 Å². The van der Waals surface area contributed by atoms with Crippen LogP contribution in [0.2, 0.25) is 24.2 Å². The van der Waals surface area contributed by atoms with Gasteiger partial charge in [-0.15, -0.1) is 0 Å². The summed E-state index contributed by atoms with van der Waals surface area (Å²) in [5.41, 5.74) is -2.36. The number of nitrogens with zero attached hydrogens (tertiary/aromatic N) is 4. The molecule has 0 aliphatic carbocycles. The zero-order valence-electron chi connectivity index (χ0n) is 22.7. The summed E-state index contributed by atoms with van der Waals surface area (Å²) in [5.74, 6) is -0.135. The average molecular weight is 491 g/mol. The first-order valence-electron chi connectivity index (χ1n) is 12.3. The fraction of sp³-hybridized carbons (Fsp3) is 0.840. The molecule has 2 unspecified atom stereocenters. The molecule has 1 amide bonds. The summed E-state index contributed by atoms with van der Waals surface area (Å²) in [4.78, 5) is 23.6. The molecule has 0 aromatic heterocycles. The Morgan fingerprint density at radius 1 is 0.882 bits per heavy atom. The van der Waals surface area contributed by atoms with Gasteiger partial charge in [0.25, 0.3) is 0 Å². The lowest BCUT2D eigenvalue weighted by molar-refractivity contribution is -0.121. The molecule has 2 atom stereocenters. The van der Waals surface area contributed by atoms with Gasteiger partial charge in [0.1, 0.15) is 5.78 Å². The summed E-state index contributed by atoms with van der Waals surface area (Å²) < 4.78 is 0. The molecule has 0 saturated heterocycles. The molecule has 9 heteroatoms. The van der Waals surface area contributed by atoms with Crippen LogP contribution in [0.5, 0.6) is 0 Å². The van der Waals surface area contributed by atoms with E-state index in [1.165, 1.54) is 19.8 Å². The summed E-state index contributed by atoms with van der Waals surface area (Å²) in [5, 5.41) is 33.7. The maximum atomic E-state index is 12.4. The van der Waals surface area contributed by atoms with Crippen molar-refractivity contribution in [2.75, 3.05) is 20.1 Å². The number of nitrogens with one attached hydrogen (secondary N) is 2. The Morgan fingerprint density at radius 3 is 1.88 bits per heavy atom. The minimum Gasteiger partial charge on any atom is -0.356 e. The van der Waals surface area contributed by atoms with Crippen LogP contribution in [-0.4, -0.2) is 51.0 Å². The van der Waals surface area contributed by atoms with Gasteiger partial charge in [-0.05, 0) is 71.5 Å². The van der Waals surface area contributed by atoms with Crippen LogP contribution in [0.15, 0.2) is 10.2 Å². The highest BCUT2D eigenvalue weighted by Gasteiger charge is 2.37. The Kier molecular flexibility index (Phi) is 13.4. The first-order valence-corrected chi connectivity index (χ1v) is 15.5. The van der Waals surface area contributed by atoms with E-state index >= 15 is 0 Å². The van der Waals surface area contributed by atoms with Crippen molar-refractivity contribution >= 4 is 19.8 Å². The lowest BCUT2D eigenvalue weighted by Gasteiger charge is -2.40. The third-order valence-corrected chi connectivity index (χ3v) is 12.7. The van der Waals surface area contributed by atoms with E-state index < -0.39 is 19.2 Å². The van der Waals surface area contributed by atoms with E-state index in [4.69, 9.17) is 0 Å². The molecule has 8 nitrogen and oxygen atoms in total. The second kappa shape index (κ2) is 14.3. The average Bonchev–Trinajstić information content (AvgIpc) is 2.78. The normalized spacial score (nSPS) is 15.7. The third-order valence-electron chi connectivity index (χ3n) is 7.14. The van der Waals surface area contributed by atoms with Crippen molar-refractivity contribution in [2.24, 2.45) is 10.2 Å². The maximum absolute atomic E-state index is 12.4. The molecule has 192 valence electrons. The van der Waals surface area contributed by atoms with Gasteiger partial charge in [-0.2, -0.15) is 20.8 Å². The van der Waals surface area contributed by atoms with Crippen LogP contribution in [0, 0.1) is 22.7 Å². The van der Waals surface area contributed by atoms with Gasteiger partial charge in [0.2, 0.25) is 5.91 Å². The molecule has 0 aromatic carbocycles. The molecule has 0 bridgehead atoms. The molecule has 0 aromatic rings. The molecule has 0 radical (unpaired) electrons. The Balaban J connectivity index is 4.66. The Labute approximate surface area is 208 Å². The van der Waals surface area contributed by atoms with Gasteiger partial charge in [0, 0.05) is 19.4 Å². The number of hydrogen-bond acceptors (Lipinski definition) is 7. The highest BCUT2D eigenvalue weighted by Crippen LogP contribution is 2.44. The smallest absolute Gasteiger partial charge is 0.220 e. The van der Waals surface area contributed by atoms with Crippen molar-refractivity contribution in [1.82, 2.24) is 10.6 Å². The molecular weight excluding hydrogens is 444 g/mol. The quantitative estimate of drug-likeness (QED) is 0.165. The fourth-order valence-electron chi connectivity index (χ4n) is 3.48. The van der Waals surface area contributed by atoms with Crippen molar-refractivity contribution in [3.05, 3.63) is 0 Å². The molecule has 34 heavy (non-hydrogen) atoms. The number of rotatable bonds is 17. The summed E-state index contributed by atoms with van der Waals surface area (Å²) in [6, 6.07) is 5.32. The first kappa shape index (κ1) is 31.9. The number of amides is 1. The monoisotopic (exact) mass is 490 g/mol. The number of ketones is 1. The van der Waals surface area contributed by atoms with E-state index in [1.54, 1.807) is 13.8 Å². The number of hydrogen-bond donors (Lipinski definition) is 2. The summed E-state index contributed by atoms with van der Waals surface area (Å²) in [6.07, 6.45) is 4.18. The van der Waals surface area contributed by atoms with Crippen molar-refractivity contribution in [3.8, 4) is 12.1 Å². The van der Waals surface area contributed by atoms with Crippen LogP contribution in [0.4, 0.5) is 0 Å². The number of nitriles is 2. The standard InChI is InChI=1S/C25H46N6O2Si/c1-21(32)11-14-24(4,19-26)30-31-25(5,20-27)15-12-22(33)29-17-10-18-34(7,8)23(2,3)13-9-16-28-6/h28H,9-18H2,1-8H3,(H,29,33). The molecule has 0 aliphatic heterocycles. The molecule has 0 heterocycles. The van der Waals surface area contributed by atoms with Crippen LogP contribution in [0.25, 0.3) is 0 Å². The third kappa shape index (κ3) is 11.9. The second-order valence-electron chi connectivity index (χ2n) is 11.1. The van der Waals surface area contributed by atoms with E-state index in [2.05, 4.69) is 59.9 Å². The van der Waals surface area contributed by atoms with Crippen LogP contribution < -0.4 is 10.6 Å². The van der Waals surface area contributed by atoms with Gasteiger partial charge in [0.15, 0.2) is 11.1 Å². The molecule has 0 aliphatic rings. The van der Waals surface area contributed by atoms with E-state index in [9.17, 15) is 20.1 Å². The van der Waals surface area contributed by atoms with Gasteiger partial charge in [-0.3, -0.25) is 4.79 Å². The predicted octanol–water partition coefficient (Wildman–Crippen LogP) is 5.15. The minimum atomic E-state index is -1.45. The van der Waals surface area contributed by atoms with Gasteiger partial charge < -0.3 is 15.4 Å². The van der Waals surface area contributed by atoms with Gasteiger partial charge in [0.05, 0.1) is 20.2 Å². The van der Waals surface area contributed by atoms with Crippen LogP contribution in [0.1, 0.15) is 79.6 Å². The highest BCUT2D eigenvalue weighted by atomic mass is 28.3. The molecule has 0 spiro atoms. The predicted molar refractivity (Wildman–Crippen MR) is 139 cm³/mol. The number of azo groups is 1. The topological polar surface area (TPSA) is 130 Å². The largest absolute Gasteiger partial charge is 0.356 e. The van der Waals surface area contributed by atoms with E-state index in [-0.39, 0.29) is 37.4 Å².